The highest BCUT2D eigenvalue weighted by atomic mass is 16.3. The summed E-state index contributed by atoms with van der Waals surface area (Å²) in [6.07, 6.45) is 0. The van der Waals surface area contributed by atoms with Crippen LogP contribution in [0.15, 0.2) is 12.1 Å². The lowest BCUT2D eigenvalue weighted by molar-refractivity contribution is 0.473. The van der Waals surface area contributed by atoms with Crippen LogP contribution in [0.2, 0.25) is 0 Å². The van der Waals surface area contributed by atoms with Crippen molar-refractivity contribution in [2.45, 2.75) is 0 Å². The molecular formula is C9H3N3O. The Kier molecular flexibility index (Phi) is 2.15. The van der Waals surface area contributed by atoms with Gasteiger partial charge in [0.25, 0.3) is 0 Å². The Bertz CT molecular complexity index is 471. The molecule has 0 fully saturated rings. The molecule has 0 amide bonds. The zero-order valence-corrected chi connectivity index (χ0v) is 6.44. The third-order valence-electron chi connectivity index (χ3n) is 1.53. The first-order valence-electron chi connectivity index (χ1n) is 3.31. The largest absolute Gasteiger partial charge is 0.507 e. The molecule has 1 rings (SSSR count). The number of benzene rings is 1. The van der Waals surface area contributed by atoms with E-state index in [0.717, 1.165) is 0 Å². The van der Waals surface area contributed by atoms with Crippen LogP contribution in [0.1, 0.15) is 16.7 Å². The van der Waals surface area contributed by atoms with Gasteiger partial charge in [0.1, 0.15) is 29.5 Å². The molecule has 0 aliphatic carbocycles. The van der Waals surface area contributed by atoms with Crippen molar-refractivity contribution in [2.75, 3.05) is 0 Å². The van der Waals surface area contributed by atoms with Crippen LogP contribution in [0.4, 0.5) is 0 Å². The molecule has 60 valence electrons. The summed E-state index contributed by atoms with van der Waals surface area (Å²) in [7, 11) is 0. The van der Waals surface area contributed by atoms with Crippen molar-refractivity contribution in [1.29, 1.82) is 15.8 Å². The van der Waals surface area contributed by atoms with E-state index >= 15 is 0 Å². The molecule has 13 heavy (non-hydrogen) atoms. The number of hydrogen-bond acceptors (Lipinski definition) is 4. The summed E-state index contributed by atoms with van der Waals surface area (Å²) in [5.74, 6) is -0.280. The molecule has 1 aromatic carbocycles. The van der Waals surface area contributed by atoms with Crippen molar-refractivity contribution in [3.63, 3.8) is 0 Å². The second kappa shape index (κ2) is 3.26. The minimum atomic E-state index is -0.280. The van der Waals surface area contributed by atoms with Crippen molar-refractivity contribution < 1.29 is 5.11 Å². The van der Waals surface area contributed by atoms with Crippen LogP contribution in [0, 0.1) is 34.0 Å². The van der Waals surface area contributed by atoms with Crippen molar-refractivity contribution in [3.8, 4) is 24.0 Å². The van der Waals surface area contributed by atoms with E-state index in [2.05, 4.69) is 0 Å². The first-order valence-corrected chi connectivity index (χ1v) is 3.31. The molecular weight excluding hydrogens is 166 g/mol. The molecule has 0 bridgehead atoms. The fourth-order valence-corrected chi connectivity index (χ4v) is 0.914. The van der Waals surface area contributed by atoms with Gasteiger partial charge in [-0.15, -0.1) is 0 Å². The normalized spacial score (nSPS) is 8.08. The molecule has 4 heteroatoms. The molecule has 1 N–H and O–H groups in total. The molecule has 0 heterocycles. The summed E-state index contributed by atoms with van der Waals surface area (Å²) in [5, 5.41) is 34.9. The van der Waals surface area contributed by atoms with Crippen LogP contribution in [0.3, 0.4) is 0 Å². The van der Waals surface area contributed by atoms with Gasteiger partial charge in [0.15, 0.2) is 0 Å². The topological polar surface area (TPSA) is 91.6 Å². The molecule has 4 nitrogen and oxygen atoms in total. The van der Waals surface area contributed by atoms with E-state index in [9.17, 15) is 0 Å². The maximum Gasteiger partial charge on any atom is 0.134 e. The van der Waals surface area contributed by atoms with Crippen LogP contribution < -0.4 is 0 Å². The summed E-state index contributed by atoms with van der Waals surface area (Å²) < 4.78 is 0. The third-order valence-corrected chi connectivity index (χ3v) is 1.53. The monoisotopic (exact) mass is 169 g/mol. The predicted octanol–water partition coefficient (Wildman–Crippen LogP) is 1.01. The summed E-state index contributed by atoms with van der Waals surface area (Å²) in [6, 6.07) is 7.65. The maximum absolute atomic E-state index is 9.16. The number of rotatable bonds is 0. The van der Waals surface area contributed by atoms with E-state index in [4.69, 9.17) is 20.9 Å². The predicted molar refractivity (Wildman–Crippen MR) is 42.3 cm³/mol. The van der Waals surface area contributed by atoms with Crippen LogP contribution in [-0.2, 0) is 0 Å². The molecule has 0 unspecified atom stereocenters. The van der Waals surface area contributed by atoms with Crippen LogP contribution in [-0.4, -0.2) is 5.11 Å². The lowest BCUT2D eigenvalue weighted by atomic mass is 10.0. The lowest BCUT2D eigenvalue weighted by Crippen LogP contribution is -1.89. The molecule has 0 saturated heterocycles. The van der Waals surface area contributed by atoms with E-state index in [1.807, 2.05) is 0 Å². The summed E-state index contributed by atoms with van der Waals surface area (Å²) in [6.45, 7) is 0. The van der Waals surface area contributed by atoms with E-state index in [-0.39, 0.29) is 22.4 Å². The number of nitriles is 3. The van der Waals surface area contributed by atoms with Crippen molar-refractivity contribution >= 4 is 0 Å². The molecule has 0 aliphatic heterocycles. The number of phenolic OH excluding ortho intramolecular Hbond substituents is 1. The standard InChI is InChI=1S/C9H3N3O/c10-3-6-1-2-9(13)8(5-12)7(6)4-11/h1-2,13H. The van der Waals surface area contributed by atoms with E-state index < -0.39 is 0 Å². The van der Waals surface area contributed by atoms with Gasteiger partial charge in [0.05, 0.1) is 11.1 Å². The van der Waals surface area contributed by atoms with Gasteiger partial charge in [0.2, 0.25) is 0 Å². The Hall–Kier alpha value is -2.51. The van der Waals surface area contributed by atoms with Crippen LogP contribution in [0.25, 0.3) is 0 Å². The second-order valence-electron chi connectivity index (χ2n) is 2.22. The van der Waals surface area contributed by atoms with Crippen molar-refractivity contribution in [1.82, 2.24) is 0 Å². The number of nitrogens with zero attached hydrogens (tertiary/aromatic N) is 3. The Morgan fingerprint density at radius 3 is 2.00 bits per heavy atom. The zero-order chi connectivity index (χ0) is 9.84. The van der Waals surface area contributed by atoms with Gasteiger partial charge in [-0.25, -0.2) is 0 Å². The number of phenols is 1. The fraction of sp³-hybridized carbons (Fsp3) is 0. The lowest BCUT2D eigenvalue weighted by Gasteiger charge is -1.98. The Morgan fingerprint density at radius 1 is 0.923 bits per heavy atom. The molecule has 0 aromatic heterocycles. The van der Waals surface area contributed by atoms with Gasteiger partial charge in [-0.2, -0.15) is 15.8 Å². The average Bonchev–Trinajstić information content (AvgIpc) is 2.17. The SMILES string of the molecule is N#Cc1ccc(O)c(C#N)c1C#N. The molecule has 0 spiro atoms. The molecule has 0 aliphatic rings. The van der Waals surface area contributed by atoms with Crippen molar-refractivity contribution in [2.24, 2.45) is 0 Å². The van der Waals surface area contributed by atoms with Gasteiger partial charge in [-0.1, -0.05) is 0 Å². The average molecular weight is 169 g/mol. The van der Waals surface area contributed by atoms with E-state index in [0.29, 0.717) is 0 Å². The van der Waals surface area contributed by atoms with E-state index in [1.54, 1.807) is 18.2 Å². The molecule has 1 aromatic rings. The minimum Gasteiger partial charge on any atom is -0.507 e. The zero-order valence-electron chi connectivity index (χ0n) is 6.44. The molecule has 0 saturated carbocycles. The minimum absolute atomic E-state index is 0.0787. The second-order valence-corrected chi connectivity index (χ2v) is 2.22. The molecule has 0 atom stereocenters. The smallest absolute Gasteiger partial charge is 0.134 e. The van der Waals surface area contributed by atoms with Gasteiger partial charge < -0.3 is 5.11 Å². The Morgan fingerprint density at radius 2 is 1.54 bits per heavy atom. The highest BCUT2D eigenvalue weighted by molar-refractivity contribution is 5.60. The van der Waals surface area contributed by atoms with Crippen LogP contribution >= 0.6 is 0 Å². The fourth-order valence-electron chi connectivity index (χ4n) is 0.914. The summed E-state index contributed by atoms with van der Waals surface area (Å²) in [4.78, 5) is 0. The Balaban J connectivity index is 3.63. The first-order chi connectivity index (χ1) is 6.24. The first kappa shape index (κ1) is 8.59. The van der Waals surface area contributed by atoms with Crippen molar-refractivity contribution in [3.05, 3.63) is 28.8 Å². The van der Waals surface area contributed by atoms with Gasteiger partial charge in [0, 0.05) is 0 Å². The van der Waals surface area contributed by atoms with Crippen LogP contribution in [0.5, 0.6) is 5.75 Å². The number of aromatic hydroxyl groups is 1. The number of hydrogen-bond donors (Lipinski definition) is 1. The van der Waals surface area contributed by atoms with Gasteiger partial charge in [-0.3, -0.25) is 0 Å². The van der Waals surface area contributed by atoms with E-state index in [1.165, 1.54) is 12.1 Å². The molecule has 0 radical (unpaired) electrons. The summed E-state index contributed by atoms with van der Waals surface area (Å²) >= 11 is 0. The Labute approximate surface area is 74.5 Å². The highest BCUT2D eigenvalue weighted by Crippen LogP contribution is 2.22. The van der Waals surface area contributed by atoms with Gasteiger partial charge >= 0.3 is 0 Å². The summed E-state index contributed by atoms with van der Waals surface area (Å²) in [5.41, 5.74) is -0.136. The maximum atomic E-state index is 9.16. The third kappa shape index (κ3) is 1.27. The highest BCUT2D eigenvalue weighted by Gasteiger charge is 2.11. The van der Waals surface area contributed by atoms with Gasteiger partial charge in [-0.05, 0) is 12.1 Å². The quantitative estimate of drug-likeness (QED) is 0.627.